The molecule has 1 aliphatic heterocycles. The van der Waals surface area contributed by atoms with E-state index in [1.807, 2.05) is 30.3 Å². The van der Waals surface area contributed by atoms with Gasteiger partial charge in [-0.3, -0.25) is 0 Å². The summed E-state index contributed by atoms with van der Waals surface area (Å²) >= 11 is 0. The molecule has 0 saturated carbocycles. The largest absolute Gasteiger partial charge is 0.411 e. The third-order valence-corrected chi connectivity index (χ3v) is 16.2. The van der Waals surface area contributed by atoms with Gasteiger partial charge in [0.2, 0.25) is 0 Å². The summed E-state index contributed by atoms with van der Waals surface area (Å²) in [5, 5.41) is 4.13. The fourth-order valence-electron chi connectivity index (χ4n) is 3.11. The summed E-state index contributed by atoms with van der Waals surface area (Å²) in [6, 6.07) is 9.48. The van der Waals surface area contributed by atoms with Gasteiger partial charge >= 0.3 is 0 Å². The van der Waals surface area contributed by atoms with Gasteiger partial charge in [-0.15, -0.1) is 0 Å². The maximum absolute atomic E-state index is 9.37. The van der Waals surface area contributed by atoms with E-state index < -0.39 is 35.1 Å². The highest BCUT2D eigenvalue weighted by Gasteiger charge is 2.52. The first kappa shape index (κ1) is 28.0. The number of nitrogens with zero attached hydrogens (tertiary/aromatic N) is 3. The number of hydrogen-bond donors (Lipinski definition) is 0. The second kappa shape index (κ2) is 10.6. The van der Waals surface area contributed by atoms with Crippen LogP contribution in [0.4, 0.5) is 0 Å². The monoisotopic (exact) mass is 493 g/mol. The predicted molar refractivity (Wildman–Crippen MR) is 138 cm³/mol. The van der Waals surface area contributed by atoms with E-state index in [1.165, 1.54) is 0 Å². The van der Waals surface area contributed by atoms with Crippen molar-refractivity contribution in [2.75, 3.05) is 6.61 Å². The van der Waals surface area contributed by atoms with E-state index in [0.717, 1.165) is 5.56 Å². The molecule has 33 heavy (non-hydrogen) atoms. The summed E-state index contributed by atoms with van der Waals surface area (Å²) in [5.41, 5.74) is 10.5. The molecule has 4 atom stereocenters. The van der Waals surface area contributed by atoms with E-state index in [2.05, 4.69) is 77.8 Å². The standard InChI is InChI=1S/C24H43N3O4Si2/c1-23(2,3)32(7,8)30-21-19(17-28-16-18-14-12-11-13-15-18)29-22(20(21)26-27-25)31-33(9,10)24(4,5)6/h11-15,19-22H,16-17H2,1-10H3/t19-,20-,21-,22+/m1/s1. The van der Waals surface area contributed by atoms with Gasteiger partial charge in [-0.2, -0.15) is 0 Å². The molecule has 0 N–H and O–H groups in total. The van der Waals surface area contributed by atoms with Gasteiger partial charge in [0, 0.05) is 4.91 Å². The Balaban J connectivity index is 2.29. The van der Waals surface area contributed by atoms with Crippen molar-refractivity contribution in [3.8, 4) is 0 Å². The van der Waals surface area contributed by atoms with Crippen molar-refractivity contribution in [3.63, 3.8) is 0 Å². The summed E-state index contributed by atoms with van der Waals surface area (Å²) < 4.78 is 25.8. The summed E-state index contributed by atoms with van der Waals surface area (Å²) in [5.74, 6) is 0. The van der Waals surface area contributed by atoms with Crippen LogP contribution in [0.3, 0.4) is 0 Å². The second-order valence-corrected chi connectivity index (χ2v) is 21.5. The molecule has 0 unspecified atom stereocenters. The molecule has 1 saturated heterocycles. The molecule has 0 aromatic heterocycles. The molecule has 0 radical (unpaired) electrons. The average molecular weight is 494 g/mol. The lowest BCUT2D eigenvalue weighted by Crippen LogP contribution is -2.51. The van der Waals surface area contributed by atoms with Crippen molar-refractivity contribution in [1.29, 1.82) is 0 Å². The highest BCUT2D eigenvalue weighted by molar-refractivity contribution is 6.74. The Bertz CT molecular complexity index is 815. The Morgan fingerprint density at radius 1 is 0.939 bits per heavy atom. The van der Waals surface area contributed by atoms with Crippen LogP contribution >= 0.6 is 0 Å². The second-order valence-electron chi connectivity index (χ2n) is 12.0. The minimum absolute atomic E-state index is 0.00171. The van der Waals surface area contributed by atoms with E-state index in [1.54, 1.807) is 0 Å². The van der Waals surface area contributed by atoms with Gasteiger partial charge in [-0.1, -0.05) is 77.0 Å². The number of ether oxygens (including phenoxy) is 2. The molecule has 0 amide bonds. The predicted octanol–water partition coefficient (Wildman–Crippen LogP) is 7.02. The van der Waals surface area contributed by atoms with Gasteiger partial charge in [-0.05, 0) is 47.4 Å². The Morgan fingerprint density at radius 3 is 2.00 bits per heavy atom. The summed E-state index contributed by atoms with van der Waals surface area (Å²) in [7, 11) is -4.35. The van der Waals surface area contributed by atoms with Gasteiger partial charge in [0.1, 0.15) is 12.1 Å². The van der Waals surface area contributed by atoms with Crippen molar-refractivity contribution in [1.82, 2.24) is 0 Å². The smallest absolute Gasteiger partial charge is 0.195 e. The normalized spacial score (nSPS) is 24.5. The molecule has 1 heterocycles. The molecule has 9 heteroatoms. The average Bonchev–Trinajstić information content (AvgIpc) is 2.97. The molecule has 7 nitrogen and oxygen atoms in total. The van der Waals surface area contributed by atoms with Gasteiger partial charge in [-0.25, -0.2) is 0 Å². The quantitative estimate of drug-likeness (QED) is 0.160. The Morgan fingerprint density at radius 2 is 1.48 bits per heavy atom. The van der Waals surface area contributed by atoms with Crippen LogP contribution in [0.2, 0.25) is 36.3 Å². The van der Waals surface area contributed by atoms with Crippen LogP contribution in [0.1, 0.15) is 47.1 Å². The molecule has 1 aliphatic rings. The van der Waals surface area contributed by atoms with Crippen LogP contribution < -0.4 is 0 Å². The van der Waals surface area contributed by atoms with Gasteiger partial charge in [0.05, 0.1) is 19.3 Å². The molecule has 1 aromatic carbocycles. The van der Waals surface area contributed by atoms with E-state index >= 15 is 0 Å². The highest BCUT2D eigenvalue weighted by Crippen LogP contribution is 2.43. The van der Waals surface area contributed by atoms with Crippen LogP contribution in [0.25, 0.3) is 10.4 Å². The molecule has 0 spiro atoms. The van der Waals surface area contributed by atoms with Crippen LogP contribution in [0.5, 0.6) is 0 Å². The highest BCUT2D eigenvalue weighted by atomic mass is 28.4. The zero-order chi connectivity index (χ0) is 25.1. The van der Waals surface area contributed by atoms with Crippen LogP contribution in [-0.4, -0.2) is 47.8 Å². The molecule has 0 aliphatic carbocycles. The fourth-order valence-corrected chi connectivity index (χ4v) is 5.57. The van der Waals surface area contributed by atoms with Crippen molar-refractivity contribution < 1.29 is 18.3 Å². The molecule has 0 bridgehead atoms. The van der Waals surface area contributed by atoms with Crippen LogP contribution in [0, 0.1) is 0 Å². The topological polar surface area (TPSA) is 85.7 Å². The zero-order valence-corrected chi connectivity index (χ0v) is 24.1. The van der Waals surface area contributed by atoms with Crippen molar-refractivity contribution >= 4 is 16.6 Å². The van der Waals surface area contributed by atoms with Crippen molar-refractivity contribution in [2.24, 2.45) is 5.11 Å². The Labute approximate surface area is 202 Å². The maximum Gasteiger partial charge on any atom is 0.195 e. The maximum atomic E-state index is 9.37. The summed E-state index contributed by atoms with van der Waals surface area (Å²) in [6.07, 6.45) is -1.46. The number of benzene rings is 1. The Kier molecular flexibility index (Phi) is 9.01. The lowest BCUT2D eigenvalue weighted by Gasteiger charge is -2.41. The van der Waals surface area contributed by atoms with Crippen LogP contribution in [0.15, 0.2) is 35.4 Å². The molecular formula is C24H43N3O4Si2. The van der Waals surface area contributed by atoms with Crippen molar-refractivity contribution in [3.05, 3.63) is 46.3 Å². The number of azide groups is 1. The fraction of sp³-hybridized carbons (Fsp3) is 0.750. The lowest BCUT2D eigenvalue weighted by atomic mass is 10.1. The summed E-state index contributed by atoms with van der Waals surface area (Å²) in [4.78, 5) is 3.14. The third kappa shape index (κ3) is 7.15. The summed E-state index contributed by atoms with van der Waals surface area (Å²) in [6.45, 7) is 22.7. The minimum atomic E-state index is -2.17. The Hall–Kier alpha value is -1.20. The first-order chi connectivity index (χ1) is 15.1. The van der Waals surface area contributed by atoms with Gasteiger partial charge < -0.3 is 18.3 Å². The molecule has 1 aromatic rings. The van der Waals surface area contributed by atoms with Gasteiger partial charge in [0.15, 0.2) is 22.9 Å². The zero-order valence-electron chi connectivity index (χ0n) is 22.1. The van der Waals surface area contributed by atoms with E-state index in [4.69, 9.17) is 18.3 Å². The van der Waals surface area contributed by atoms with Gasteiger partial charge in [0.25, 0.3) is 0 Å². The molecular weight excluding hydrogens is 450 g/mol. The first-order valence-electron chi connectivity index (χ1n) is 11.8. The van der Waals surface area contributed by atoms with Crippen LogP contribution in [-0.2, 0) is 24.9 Å². The van der Waals surface area contributed by atoms with Crippen molar-refractivity contribution in [2.45, 2.75) is 109 Å². The van der Waals surface area contributed by atoms with E-state index in [0.29, 0.717) is 13.2 Å². The SMILES string of the molecule is CC(C)(C)[Si](C)(C)O[C@@H]1O[C@H](COCc2ccccc2)[C@@H](O[Si](C)(C)C(C)(C)C)[C@H]1N=[N+]=[N-]. The third-order valence-electron chi connectivity index (χ3n) is 7.32. The first-order valence-corrected chi connectivity index (χ1v) is 17.6. The minimum Gasteiger partial charge on any atom is -0.411 e. The number of hydrogen-bond acceptors (Lipinski definition) is 5. The molecule has 1 fully saturated rings. The molecule has 2 rings (SSSR count). The van der Waals surface area contributed by atoms with E-state index in [-0.39, 0.29) is 16.2 Å². The van der Waals surface area contributed by atoms with E-state index in [9.17, 15) is 5.53 Å². The lowest BCUT2D eigenvalue weighted by molar-refractivity contribution is -0.111. The number of rotatable bonds is 9. The molecule has 186 valence electrons.